The highest BCUT2D eigenvalue weighted by atomic mass is 28.4. The molecular formula is C19H38O3Si. The largest absolute Gasteiger partial charge is 0.466 e. The quantitative estimate of drug-likeness (QED) is 0.329. The molecule has 136 valence electrons. The Balaban J connectivity index is 5.42. The zero-order chi connectivity index (χ0) is 18.4. The summed E-state index contributed by atoms with van der Waals surface area (Å²) < 4.78 is 11.6. The van der Waals surface area contributed by atoms with Crippen molar-refractivity contribution < 1.29 is 14.0 Å². The third kappa shape index (κ3) is 6.80. The van der Waals surface area contributed by atoms with Gasteiger partial charge in [0, 0.05) is 11.5 Å². The Morgan fingerprint density at radius 3 is 2.13 bits per heavy atom. The highest BCUT2D eigenvalue weighted by Gasteiger charge is 2.41. The minimum absolute atomic E-state index is 0.135. The van der Waals surface area contributed by atoms with Crippen LogP contribution in [0.5, 0.6) is 0 Å². The summed E-state index contributed by atoms with van der Waals surface area (Å²) in [7, 11) is -0.430. The van der Waals surface area contributed by atoms with Crippen LogP contribution < -0.4 is 0 Å². The van der Waals surface area contributed by atoms with Crippen molar-refractivity contribution in [3.8, 4) is 0 Å². The Kier molecular flexibility index (Phi) is 8.78. The van der Waals surface area contributed by atoms with E-state index in [0.29, 0.717) is 11.5 Å². The highest BCUT2D eigenvalue weighted by Crippen LogP contribution is 2.39. The van der Waals surface area contributed by atoms with E-state index in [2.05, 4.69) is 54.6 Å². The van der Waals surface area contributed by atoms with Crippen molar-refractivity contribution in [2.75, 3.05) is 7.11 Å². The molecule has 0 aromatic carbocycles. The van der Waals surface area contributed by atoms with Gasteiger partial charge in [0.05, 0.1) is 13.2 Å². The molecule has 0 amide bonds. The molecule has 0 aromatic rings. The minimum atomic E-state index is -1.85. The van der Waals surface area contributed by atoms with E-state index in [1.165, 1.54) is 7.11 Å². The van der Waals surface area contributed by atoms with Gasteiger partial charge in [-0.2, -0.15) is 0 Å². The highest BCUT2D eigenvalue weighted by molar-refractivity contribution is 6.74. The predicted octanol–water partition coefficient (Wildman–Crippen LogP) is 5.57. The van der Waals surface area contributed by atoms with E-state index < -0.39 is 8.32 Å². The van der Waals surface area contributed by atoms with E-state index in [9.17, 15) is 4.79 Å². The van der Waals surface area contributed by atoms with E-state index >= 15 is 0 Å². The van der Waals surface area contributed by atoms with Crippen molar-refractivity contribution >= 4 is 14.3 Å². The van der Waals surface area contributed by atoms with Crippen LogP contribution in [0.3, 0.4) is 0 Å². The van der Waals surface area contributed by atoms with E-state index in [1.54, 1.807) is 0 Å². The summed E-state index contributed by atoms with van der Waals surface area (Å²) in [6.07, 6.45) is 4.42. The second-order valence-electron chi connectivity index (χ2n) is 8.31. The first-order valence-electron chi connectivity index (χ1n) is 8.82. The van der Waals surface area contributed by atoms with Gasteiger partial charge in [0.15, 0.2) is 8.32 Å². The molecule has 0 spiro atoms. The molecular weight excluding hydrogens is 304 g/mol. The van der Waals surface area contributed by atoms with Crippen molar-refractivity contribution in [3.05, 3.63) is 11.6 Å². The summed E-state index contributed by atoms with van der Waals surface area (Å²) in [5.74, 6) is 0.390. The molecule has 0 bridgehead atoms. The SMILES string of the molecule is CCC[C@@H](C)[C@H](O[Si](C)(C)C(C)(C)C)[C@H](C)/C=C(\C)C(=O)OC. The van der Waals surface area contributed by atoms with E-state index in [4.69, 9.17) is 9.16 Å². The first-order valence-corrected chi connectivity index (χ1v) is 11.7. The number of ether oxygens (including phenoxy) is 1. The maximum Gasteiger partial charge on any atom is 0.333 e. The fraction of sp³-hybridized carbons (Fsp3) is 0.842. The fourth-order valence-electron chi connectivity index (χ4n) is 2.60. The number of carbonyl (C=O) groups excluding carboxylic acids is 1. The predicted molar refractivity (Wildman–Crippen MR) is 101 cm³/mol. The summed E-state index contributed by atoms with van der Waals surface area (Å²) in [5, 5.41) is 0.179. The van der Waals surface area contributed by atoms with Crippen LogP contribution in [-0.2, 0) is 14.0 Å². The van der Waals surface area contributed by atoms with Crippen LogP contribution in [0.1, 0.15) is 61.3 Å². The molecule has 0 fully saturated rings. The topological polar surface area (TPSA) is 35.5 Å². The molecule has 0 heterocycles. The standard InChI is InChI=1S/C19H38O3Si/c1-11-12-14(2)17(22-23(9,10)19(5,6)7)15(3)13-16(4)18(20)21-8/h13-15,17H,11-12H2,1-10H3/b16-13+/t14-,15-,17+/m1/s1. The number of esters is 1. The molecule has 0 unspecified atom stereocenters. The Bertz CT molecular complexity index is 407. The number of rotatable bonds is 8. The monoisotopic (exact) mass is 342 g/mol. The van der Waals surface area contributed by atoms with Crippen molar-refractivity contribution in [2.45, 2.75) is 85.5 Å². The average Bonchev–Trinajstić information content (AvgIpc) is 2.42. The Hall–Kier alpha value is -0.613. The third-order valence-corrected chi connectivity index (χ3v) is 9.55. The van der Waals surface area contributed by atoms with Gasteiger partial charge >= 0.3 is 5.97 Å². The molecule has 0 aromatic heterocycles. The Labute approximate surface area is 145 Å². The van der Waals surface area contributed by atoms with E-state index in [0.717, 1.165) is 12.8 Å². The Morgan fingerprint density at radius 1 is 1.22 bits per heavy atom. The van der Waals surface area contributed by atoms with E-state index in [1.807, 2.05) is 13.0 Å². The summed E-state index contributed by atoms with van der Waals surface area (Å²) in [4.78, 5) is 11.7. The molecule has 0 rings (SSSR count). The van der Waals surface area contributed by atoms with Gasteiger partial charge in [0.2, 0.25) is 0 Å². The molecule has 3 nitrogen and oxygen atoms in total. The molecule has 3 atom stereocenters. The zero-order valence-electron chi connectivity index (χ0n) is 16.9. The first kappa shape index (κ1) is 22.4. The number of carbonyl (C=O) groups is 1. The van der Waals surface area contributed by atoms with Gasteiger partial charge in [-0.3, -0.25) is 0 Å². The summed E-state index contributed by atoms with van der Waals surface area (Å²) in [6, 6.07) is 0. The second kappa shape index (κ2) is 9.02. The summed E-state index contributed by atoms with van der Waals surface area (Å²) in [6.45, 7) is 19.8. The molecule has 23 heavy (non-hydrogen) atoms. The van der Waals surface area contributed by atoms with Gasteiger partial charge in [-0.15, -0.1) is 0 Å². The van der Waals surface area contributed by atoms with Crippen LogP contribution in [-0.4, -0.2) is 27.5 Å². The van der Waals surface area contributed by atoms with Crippen molar-refractivity contribution in [1.82, 2.24) is 0 Å². The number of hydrogen-bond donors (Lipinski definition) is 0. The molecule has 0 N–H and O–H groups in total. The smallest absolute Gasteiger partial charge is 0.333 e. The number of hydrogen-bond acceptors (Lipinski definition) is 3. The maximum atomic E-state index is 11.7. The molecule has 0 radical (unpaired) electrons. The zero-order valence-corrected chi connectivity index (χ0v) is 17.9. The van der Waals surface area contributed by atoms with Crippen LogP contribution >= 0.6 is 0 Å². The lowest BCUT2D eigenvalue weighted by Gasteiger charge is -2.42. The van der Waals surface area contributed by atoms with Gasteiger partial charge < -0.3 is 9.16 Å². The second-order valence-corrected chi connectivity index (χ2v) is 13.1. The average molecular weight is 343 g/mol. The molecule has 4 heteroatoms. The molecule has 0 saturated carbocycles. The van der Waals surface area contributed by atoms with E-state index in [-0.39, 0.29) is 23.0 Å². The van der Waals surface area contributed by atoms with Crippen molar-refractivity contribution in [3.63, 3.8) is 0 Å². The van der Waals surface area contributed by atoms with Crippen molar-refractivity contribution in [2.24, 2.45) is 11.8 Å². The van der Waals surface area contributed by atoms with Gasteiger partial charge in [-0.05, 0) is 37.4 Å². The third-order valence-electron chi connectivity index (χ3n) is 5.08. The summed E-state index contributed by atoms with van der Waals surface area (Å²) >= 11 is 0. The first-order chi connectivity index (χ1) is 10.4. The number of methoxy groups -OCH3 is 1. The van der Waals surface area contributed by atoms with Crippen molar-refractivity contribution in [1.29, 1.82) is 0 Å². The van der Waals surface area contributed by atoms with Crippen LogP contribution in [0.25, 0.3) is 0 Å². The van der Waals surface area contributed by atoms with Crippen LogP contribution in [0.15, 0.2) is 11.6 Å². The minimum Gasteiger partial charge on any atom is -0.466 e. The molecule has 0 saturated heterocycles. The van der Waals surface area contributed by atoms with Gasteiger partial charge in [0.25, 0.3) is 0 Å². The van der Waals surface area contributed by atoms with Crippen LogP contribution in [0, 0.1) is 11.8 Å². The normalized spacial score (nSPS) is 17.6. The van der Waals surface area contributed by atoms with Crippen LogP contribution in [0.2, 0.25) is 18.1 Å². The lowest BCUT2D eigenvalue weighted by molar-refractivity contribution is -0.136. The van der Waals surface area contributed by atoms with Gasteiger partial charge in [0.1, 0.15) is 0 Å². The maximum absolute atomic E-state index is 11.7. The van der Waals surface area contributed by atoms with Gasteiger partial charge in [-0.25, -0.2) is 4.79 Å². The fourth-order valence-corrected chi connectivity index (χ4v) is 4.08. The molecule has 0 aliphatic carbocycles. The molecule has 0 aliphatic rings. The summed E-state index contributed by atoms with van der Waals surface area (Å²) in [5.41, 5.74) is 0.660. The molecule has 0 aliphatic heterocycles. The lowest BCUT2D eigenvalue weighted by Crippen LogP contribution is -2.47. The Morgan fingerprint density at radius 2 is 1.74 bits per heavy atom. The van der Waals surface area contributed by atoms with Gasteiger partial charge in [-0.1, -0.05) is 54.0 Å². The lowest BCUT2D eigenvalue weighted by atomic mass is 9.89. The van der Waals surface area contributed by atoms with Crippen LogP contribution in [0.4, 0.5) is 0 Å².